The minimum Gasteiger partial charge on any atom is -0.385 e. The number of aromatic nitrogens is 2. The second kappa shape index (κ2) is 8.50. The van der Waals surface area contributed by atoms with Gasteiger partial charge in [-0.15, -0.1) is 0 Å². The van der Waals surface area contributed by atoms with Gasteiger partial charge in [-0.2, -0.15) is 0 Å². The van der Waals surface area contributed by atoms with E-state index in [-0.39, 0.29) is 16.7 Å². The summed E-state index contributed by atoms with van der Waals surface area (Å²) in [6.07, 6.45) is 0.680. The van der Waals surface area contributed by atoms with E-state index in [1.54, 1.807) is 43.8 Å². The largest absolute Gasteiger partial charge is 0.385 e. The highest BCUT2D eigenvalue weighted by atomic mass is 35.5. The molecule has 0 spiro atoms. The van der Waals surface area contributed by atoms with Crippen LogP contribution in [0.3, 0.4) is 0 Å². The van der Waals surface area contributed by atoms with E-state index in [0.29, 0.717) is 40.7 Å². The van der Waals surface area contributed by atoms with Gasteiger partial charge in [-0.3, -0.25) is 14.2 Å². The quantitative estimate of drug-likeness (QED) is 0.460. The van der Waals surface area contributed by atoms with Crippen molar-refractivity contribution in [3.63, 3.8) is 0 Å². The van der Waals surface area contributed by atoms with Crippen LogP contribution in [0.2, 0.25) is 5.02 Å². The van der Waals surface area contributed by atoms with E-state index in [1.807, 2.05) is 0 Å². The average molecular weight is 370 g/mol. The number of nitrogens with one attached hydrogen (secondary N) is 1. The fraction of sp³-hybridized carbons (Fsp3) is 0.438. The molecule has 0 fully saturated rings. The van der Waals surface area contributed by atoms with Crippen molar-refractivity contribution in [1.29, 1.82) is 0 Å². The Morgan fingerprint density at radius 1 is 1.50 bits per heavy atom. The van der Waals surface area contributed by atoms with E-state index in [9.17, 15) is 9.59 Å². The van der Waals surface area contributed by atoms with Crippen LogP contribution in [0.4, 0.5) is 0 Å². The zero-order valence-corrected chi connectivity index (χ0v) is 15.4. The van der Waals surface area contributed by atoms with Crippen molar-refractivity contribution in [1.82, 2.24) is 14.9 Å². The molecule has 0 aliphatic rings. The van der Waals surface area contributed by atoms with Crippen molar-refractivity contribution in [3.8, 4) is 0 Å². The van der Waals surface area contributed by atoms with Crippen LogP contribution in [0.1, 0.15) is 13.3 Å². The highest BCUT2D eigenvalue weighted by Crippen LogP contribution is 2.24. The number of fused-ring (bicyclic) bond motifs is 1. The average Bonchev–Trinajstić information content (AvgIpc) is 2.56. The molecule has 1 N–H and O–H groups in total. The number of rotatable bonds is 7. The fourth-order valence-corrected chi connectivity index (χ4v) is 3.40. The first-order valence-electron chi connectivity index (χ1n) is 7.55. The molecule has 2 rings (SSSR count). The van der Waals surface area contributed by atoms with Gasteiger partial charge >= 0.3 is 0 Å². The molecule has 24 heavy (non-hydrogen) atoms. The van der Waals surface area contributed by atoms with Gasteiger partial charge in [-0.1, -0.05) is 23.4 Å². The number of nitrogens with zero attached hydrogens (tertiary/aromatic N) is 2. The van der Waals surface area contributed by atoms with Crippen molar-refractivity contribution >= 4 is 40.2 Å². The number of carbonyl (C=O) groups excluding carboxylic acids is 1. The number of amides is 1. The first kappa shape index (κ1) is 18.8. The van der Waals surface area contributed by atoms with Gasteiger partial charge in [0.05, 0.1) is 16.2 Å². The molecule has 0 saturated heterocycles. The van der Waals surface area contributed by atoms with Gasteiger partial charge in [-0.05, 0) is 31.5 Å². The number of thioether (sulfide) groups is 1. The number of ether oxygens (including phenoxy) is 1. The highest BCUT2D eigenvalue weighted by molar-refractivity contribution is 8.00. The van der Waals surface area contributed by atoms with Gasteiger partial charge in [0.15, 0.2) is 5.16 Å². The highest BCUT2D eigenvalue weighted by Gasteiger charge is 2.18. The van der Waals surface area contributed by atoms with E-state index < -0.39 is 0 Å². The summed E-state index contributed by atoms with van der Waals surface area (Å²) in [4.78, 5) is 29.2. The van der Waals surface area contributed by atoms with Gasteiger partial charge < -0.3 is 10.1 Å². The smallest absolute Gasteiger partial charge is 0.262 e. The summed E-state index contributed by atoms with van der Waals surface area (Å²) in [6, 6.07) is 5.01. The lowest BCUT2D eigenvalue weighted by molar-refractivity contribution is -0.119. The molecule has 8 heteroatoms. The lowest BCUT2D eigenvalue weighted by Gasteiger charge is -2.15. The van der Waals surface area contributed by atoms with Crippen molar-refractivity contribution in [3.05, 3.63) is 33.6 Å². The fourth-order valence-electron chi connectivity index (χ4n) is 2.24. The molecule has 0 aliphatic heterocycles. The number of halogens is 1. The van der Waals surface area contributed by atoms with Crippen LogP contribution >= 0.6 is 23.4 Å². The molecule has 1 aromatic carbocycles. The SMILES string of the molecule is CNC(=O)C(C)Sc1nc2cc(Cl)ccc2c(=O)n1CCCOC. The number of methoxy groups -OCH3 is 1. The Kier molecular flexibility index (Phi) is 6.65. The second-order valence-electron chi connectivity index (χ2n) is 5.23. The Morgan fingerprint density at radius 2 is 2.25 bits per heavy atom. The standard InChI is InChI=1S/C16H20ClN3O3S/c1-10(14(21)18-2)24-16-19-13-9-11(17)5-6-12(13)15(22)20(16)7-4-8-23-3/h5-6,9-10H,4,7-8H2,1-3H3,(H,18,21). The normalized spacial score (nSPS) is 12.3. The first-order valence-corrected chi connectivity index (χ1v) is 8.81. The summed E-state index contributed by atoms with van der Waals surface area (Å²) < 4.78 is 6.66. The minimum atomic E-state index is -0.368. The van der Waals surface area contributed by atoms with Crippen LogP contribution in [0.25, 0.3) is 10.9 Å². The second-order valence-corrected chi connectivity index (χ2v) is 6.98. The van der Waals surface area contributed by atoms with Gasteiger partial charge in [0.1, 0.15) is 0 Å². The van der Waals surface area contributed by atoms with E-state index >= 15 is 0 Å². The van der Waals surface area contributed by atoms with Crippen molar-refractivity contribution < 1.29 is 9.53 Å². The van der Waals surface area contributed by atoms with Crippen LogP contribution in [0, 0.1) is 0 Å². The van der Waals surface area contributed by atoms with E-state index in [4.69, 9.17) is 16.3 Å². The van der Waals surface area contributed by atoms with Gasteiger partial charge in [0.2, 0.25) is 5.91 Å². The summed E-state index contributed by atoms with van der Waals surface area (Å²) in [5, 5.41) is 3.76. The molecular weight excluding hydrogens is 350 g/mol. The topological polar surface area (TPSA) is 73.2 Å². The lowest BCUT2D eigenvalue weighted by atomic mass is 10.2. The number of carbonyl (C=O) groups is 1. The summed E-state index contributed by atoms with van der Waals surface area (Å²) >= 11 is 7.26. The van der Waals surface area contributed by atoms with Crippen LogP contribution in [-0.4, -0.2) is 41.5 Å². The number of hydrogen-bond donors (Lipinski definition) is 1. The molecule has 0 bridgehead atoms. The Morgan fingerprint density at radius 3 is 2.92 bits per heavy atom. The van der Waals surface area contributed by atoms with Crippen LogP contribution in [-0.2, 0) is 16.1 Å². The van der Waals surface area contributed by atoms with E-state index in [1.165, 1.54) is 11.8 Å². The first-order chi connectivity index (χ1) is 11.5. The summed E-state index contributed by atoms with van der Waals surface area (Å²) in [6.45, 7) is 2.79. The van der Waals surface area contributed by atoms with E-state index in [0.717, 1.165) is 0 Å². The molecule has 1 heterocycles. The zero-order chi connectivity index (χ0) is 17.7. The maximum atomic E-state index is 12.8. The third kappa shape index (κ3) is 4.28. The molecule has 6 nitrogen and oxygen atoms in total. The van der Waals surface area contributed by atoms with Crippen LogP contribution in [0.5, 0.6) is 0 Å². The Balaban J connectivity index is 2.49. The molecule has 0 saturated carbocycles. The van der Waals surface area contributed by atoms with Crippen LogP contribution in [0.15, 0.2) is 28.2 Å². The Bertz CT molecular complexity index is 794. The molecule has 1 aromatic heterocycles. The van der Waals surface area contributed by atoms with Crippen molar-refractivity contribution in [2.45, 2.75) is 30.3 Å². The molecule has 2 aromatic rings. The van der Waals surface area contributed by atoms with Gasteiger partial charge in [0.25, 0.3) is 5.56 Å². The predicted molar refractivity (Wildman–Crippen MR) is 96.9 cm³/mol. The number of hydrogen-bond acceptors (Lipinski definition) is 5. The zero-order valence-electron chi connectivity index (χ0n) is 13.8. The minimum absolute atomic E-state index is 0.121. The summed E-state index contributed by atoms with van der Waals surface area (Å²) in [7, 11) is 3.20. The van der Waals surface area contributed by atoms with Gasteiger partial charge in [-0.25, -0.2) is 4.98 Å². The van der Waals surface area contributed by atoms with Crippen molar-refractivity contribution in [2.75, 3.05) is 20.8 Å². The molecular formula is C16H20ClN3O3S. The predicted octanol–water partition coefficient (Wildman–Crippen LogP) is 2.31. The Hall–Kier alpha value is -1.57. The van der Waals surface area contributed by atoms with Gasteiger partial charge in [0, 0.05) is 32.3 Å². The molecule has 0 aliphatic carbocycles. The Labute approximate surface area is 149 Å². The molecule has 1 amide bonds. The van der Waals surface area contributed by atoms with Crippen LogP contribution < -0.4 is 10.9 Å². The molecule has 0 radical (unpaired) electrons. The molecule has 130 valence electrons. The maximum Gasteiger partial charge on any atom is 0.262 e. The lowest BCUT2D eigenvalue weighted by Crippen LogP contribution is -2.29. The third-order valence-electron chi connectivity index (χ3n) is 3.51. The molecule has 1 unspecified atom stereocenters. The summed E-state index contributed by atoms with van der Waals surface area (Å²) in [5.74, 6) is -0.121. The van der Waals surface area contributed by atoms with E-state index in [2.05, 4.69) is 10.3 Å². The molecule has 1 atom stereocenters. The van der Waals surface area contributed by atoms with Crippen molar-refractivity contribution in [2.24, 2.45) is 0 Å². The monoisotopic (exact) mass is 369 g/mol. The maximum absolute atomic E-state index is 12.8. The summed E-state index contributed by atoms with van der Waals surface area (Å²) in [5.41, 5.74) is 0.390. The number of benzene rings is 1. The third-order valence-corrected chi connectivity index (χ3v) is 4.84.